The van der Waals surface area contributed by atoms with Gasteiger partial charge in [0.25, 0.3) is 0 Å². The molecule has 3 rings (SSSR count). The molecule has 0 unspecified atom stereocenters. The normalized spacial score (nSPS) is 12.6. The fourth-order valence-electron chi connectivity index (χ4n) is 2.21. The topological polar surface area (TPSA) is 44.8 Å². The lowest BCUT2D eigenvalue weighted by Gasteiger charge is -2.04. The third kappa shape index (κ3) is 3.72. The minimum atomic E-state index is -0.0744. The molecule has 0 amide bonds. The van der Waals surface area contributed by atoms with E-state index >= 15 is 0 Å². The van der Waals surface area contributed by atoms with Crippen LogP contribution in [0.1, 0.15) is 29.3 Å². The zero-order valence-corrected chi connectivity index (χ0v) is 13.0. The molecule has 0 radical (unpaired) electrons. The molecule has 0 aromatic heterocycles. The van der Waals surface area contributed by atoms with Crippen LogP contribution in [-0.4, -0.2) is 19.2 Å². The summed E-state index contributed by atoms with van der Waals surface area (Å²) in [7, 11) is 0. The maximum absolute atomic E-state index is 12.2. The molecule has 0 saturated carbocycles. The standard InChI is InChI=1S/C19H18O4/c1-2-11-21-16-7-3-14(4-8-16)5-9-17(20)15-6-10-18-19(12-15)23-13-22-18/h3-10,12H,2,11,13H2,1H3. The van der Waals surface area contributed by atoms with Crippen LogP contribution in [0.2, 0.25) is 0 Å². The van der Waals surface area contributed by atoms with Crippen molar-refractivity contribution in [2.45, 2.75) is 13.3 Å². The molecule has 0 atom stereocenters. The molecule has 2 aromatic rings. The Balaban J connectivity index is 1.66. The van der Waals surface area contributed by atoms with E-state index in [2.05, 4.69) is 6.92 Å². The molecule has 0 fully saturated rings. The van der Waals surface area contributed by atoms with Crippen LogP contribution in [-0.2, 0) is 0 Å². The molecule has 0 saturated heterocycles. The van der Waals surface area contributed by atoms with E-state index in [0.29, 0.717) is 23.7 Å². The van der Waals surface area contributed by atoms with Gasteiger partial charge in [-0.3, -0.25) is 4.79 Å². The number of carbonyl (C=O) groups excluding carboxylic acids is 1. The Kier molecular flexibility index (Phi) is 4.62. The number of rotatable bonds is 6. The van der Waals surface area contributed by atoms with E-state index in [0.717, 1.165) is 17.7 Å². The van der Waals surface area contributed by atoms with Crippen LogP contribution in [0.25, 0.3) is 6.08 Å². The fourth-order valence-corrected chi connectivity index (χ4v) is 2.21. The number of ketones is 1. The summed E-state index contributed by atoms with van der Waals surface area (Å²) in [5.41, 5.74) is 1.52. The number of allylic oxidation sites excluding steroid dienone is 1. The Morgan fingerprint density at radius 1 is 1.13 bits per heavy atom. The van der Waals surface area contributed by atoms with Crippen LogP contribution in [0.4, 0.5) is 0 Å². The molecular formula is C19H18O4. The largest absolute Gasteiger partial charge is 0.494 e. The first kappa shape index (κ1) is 15.2. The fraction of sp³-hybridized carbons (Fsp3) is 0.211. The average Bonchev–Trinajstić information content (AvgIpc) is 3.06. The first-order valence-corrected chi connectivity index (χ1v) is 7.61. The van der Waals surface area contributed by atoms with Crippen LogP contribution >= 0.6 is 0 Å². The SMILES string of the molecule is CCCOc1ccc(C=CC(=O)c2ccc3c(c2)OCO3)cc1. The Hall–Kier alpha value is -2.75. The Morgan fingerprint density at radius 3 is 2.70 bits per heavy atom. The van der Waals surface area contributed by atoms with Crippen molar-refractivity contribution in [2.75, 3.05) is 13.4 Å². The van der Waals surface area contributed by atoms with Gasteiger partial charge in [0.05, 0.1) is 6.61 Å². The monoisotopic (exact) mass is 310 g/mol. The van der Waals surface area contributed by atoms with E-state index in [4.69, 9.17) is 14.2 Å². The van der Waals surface area contributed by atoms with Gasteiger partial charge in [-0.15, -0.1) is 0 Å². The van der Waals surface area contributed by atoms with E-state index in [9.17, 15) is 4.79 Å². The lowest BCUT2D eigenvalue weighted by Crippen LogP contribution is -1.95. The highest BCUT2D eigenvalue weighted by atomic mass is 16.7. The van der Waals surface area contributed by atoms with E-state index in [1.807, 2.05) is 24.3 Å². The van der Waals surface area contributed by atoms with Gasteiger partial charge in [-0.1, -0.05) is 25.1 Å². The van der Waals surface area contributed by atoms with Gasteiger partial charge in [0.1, 0.15) is 5.75 Å². The molecule has 118 valence electrons. The van der Waals surface area contributed by atoms with Gasteiger partial charge in [0.15, 0.2) is 17.3 Å². The lowest BCUT2D eigenvalue weighted by molar-refractivity contribution is 0.104. The molecule has 2 aromatic carbocycles. The molecule has 1 heterocycles. The molecule has 4 heteroatoms. The molecule has 0 spiro atoms. The van der Waals surface area contributed by atoms with Gasteiger partial charge in [-0.2, -0.15) is 0 Å². The van der Waals surface area contributed by atoms with Crippen molar-refractivity contribution in [1.82, 2.24) is 0 Å². The van der Waals surface area contributed by atoms with Gasteiger partial charge in [-0.05, 0) is 48.4 Å². The van der Waals surface area contributed by atoms with E-state index in [-0.39, 0.29) is 12.6 Å². The maximum Gasteiger partial charge on any atom is 0.231 e. The zero-order chi connectivity index (χ0) is 16.1. The number of fused-ring (bicyclic) bond motifs is 1. The molecular weight excluding hydrogens is 292 g/mol. The third-order valence-corrected chi connectivity index (χ3v) is 3.44. The van der Waals surface area contributed by atoms with Gasteiger partial charge in [0.2, 0.25) is 6.79 Å². The second kappa shape index (κ2) is 7.01. The van der Waals surface area contributed by atoms with Gasteiger partial charge in [-0.25, -0.2) is 0 Å². The summed E-state index contributed by atoms with van der Waals surface area (Å²) in [5, 5.41) is 0. The minimum absolute atomic E-state index is 0.0744. The summed E-state index contributed by atoms with van der Waals surface area (Å²) >= 11 is 0. The number of benzene rings is 2. The van der Waals surface area contributed by atoms with Crippen LogP contribution < -0.4 is 14.2 Å². The molecule has 1 aliphatic heterocycles. The molecule has 23 heavy (non-hydrogen) atoms. The van der Waals surface area contributed by atoms with Crippen LogP contribution in [0.3, 0.4) is 0 Å². The predicted molar refractivity (Wildman–Crippen MR) is 88.2 cm³/mol. The van der Waals surface area contributed by atoms with E-state index in [1.165, 1.54) is 0 Å². The summed E-state index contributed by atoms with van der Waals surface area (Å²) in [6.07, 6.45) is 4.32. The summed E-state index contributed by atoms with van der Waals surface area (Å²) in [6.45, 7) is 2.98. The molecule has 0 bridgehead atoms. The van der Waals surface area contributed by atoms with Crippen molar-refractivity contribution >= 4 is 11.9 Å². The minimum Gasteiger partial charge on any atom is -0.494 e. The maximum atomic E-state index is 12.2. The average molecular weight is 310 g/mol. The van der Waals surface area contributed by atoms with E-state index in [1.54, 1.807) is 30.4 Å². The highest BCUT2D eigenvalue weighted by Crippen LogP contribution is 2.32. The van der Waals surface area contributed by atoms with Crippen LogP contribution in [0.15, 0.2) is 48.5 Å². The van der Waals surface area contributed by atoms with Crippen molar-refractivity contribution < 1.29 is 19.0 Å². The van der Waals surface area contributed by atoms with Crippen molar-refractivity contribution in [3.05, 3.63) is 59.7 Å². The molecule has 0 aliphatic carbocycles. The number of hydrogen-bond donors (Lipinski definition) is 0. The number of carbonyl (C=O) groups is 1. The smallest absolute Gasteiger partial charge is 0.231 e. The summed E-state index contributed by atoms with van der Waals surface area (Å²) in [6, 6.07) is 12.9. The predicted octanol–water partition coefficient (Wildman–Crippen LogP) is 4.10. The van der Waals surface area contributed by atoms with Crippen molar-refractivity contribution in [3.8, 4) is 17.2 Å². The van der Waals surface area contributed by atoms with Crippen molar-refractivity contribution in [1.29, 1.82) is 0 Å². The lowest BCUT2D eigenvalue weighted by atomic mass is 10.1. The quantitative estimate of drug-likeness (QED) is 0.595. The highest BCUT2D eigenvalue weighted by Gasteiger charge is 2.14. The van der Waals surface area contributed by atoms with Crippen molar-refractivity contribution in [3.63, 3.8) is 0 Å². The van der Waals surface area contributed by atoms with E-state index < -0.39 is 0 Å². The first-order chi connectivity index (χ1) is 11.3. The number of ether oxygens (including phenoxy) is 3. The molecule has 1 aliphatic rings. The van der Waals surface area contributed by atoms with Crippen LogP contribution in [0.5, 0.6) is 17.2 Å². The van der Waals surface area contributed by atoms with Crippen LogP contribution in [0, 0.1) is 0 Å². The Morgan fingerprint density at radius 2 is 1.91 bits per heavy atom. The zero-order valence-electron chi connectivity index (χ0n) is 13.0. The van der Waals surface area contributed by atoms with Gasteiger partial charge < -0.3 is 14.2 Å². The Labute approximate surface area is 135 Å². The third-order valence-electron chi connectivity index (χ3n) is 3.44. The second-order valence-corrected chi connectivity index (χ2v) is 5.18. The molecule has 0 N–H and O–H groups in total. The summed E-state index contributed by atoms with van der Waals surface area (Å²) in [4.78, 5) is 12.2. The summed E-state index contributed by atoms with van der Waals surface area (Å²) in [5.74, 6) is 2.05. The molecule has 4 nitrogen and oxygen atoms in total. The summed E-state index contributed by atoms with van der Waals surface area (Å²) < 4.78 is 16.1. The van der Waals surface area contributed by atoms with Gasteiger partial charge >= 0.3 is 0 Å². The first-order valence-electron chi connectivity index (χ1n) is 7.61. The van der Waals surface area contributed by atoms with Crippen molar-refractivity contribution in [2.24, 2.45) is 0 Å². The van der Waals surface area contributed by atoms with Gasteiger partial charge in [0, 0.05) is 5.56 Å². The second-order valence-electron chi connectivity index (χ2n) is 5.18. The highest BCUT2D eigenvalue weighted by molar-refractivity contribution is 6.07. The Bertz CT molecular complexity index is 717. The number of hydrogen-bond acceptors (Lipinski definition) is 4.